The summed E-state index contributed by atoms with van der Waals surface area (Å²) in [4.78, 5) is 17.0. The lowest BCUT2D eigenvalue weighted by Crippen LogP contribution is -2.42. The van der Waals surface area contributed by atoms with E-state index >= 15 is 0 Å². The Morgan fingerprint density at radius 3 is 3.05 bits per heavy atom. The van der Waals surface area contributed by atoms with Crippen molar-refractivity contribution in [3.05, 3.63) is 35.6 Å². The zero-order valence-electron chi connectivity index (χ0n) is 11.4. The Balaban J connectivity index is 1.95. The Bertz CT molecular complexity index is 519. The van der Waals surface area contributed by atoms with Crippen LogP contribution in [0.4, 0.5) is 4.39 Å². The van der Waals surface area contributed by atoms with Crippen LogP contribution in [0.2, 0.25) is 0 Å². The minimum absolute atomic E-state index is 0.117. The Morgan fingerprint density at radius 2 is 2.35 bits per heavy atom. The van der Waals surface area contributed by atoms with Crippen LogP contribution < -0.4 is 5.32 Å². The van der Waals surface area contributed by atoms with Crippen molar-refractivity contribution in [2.24, 2.45) is 5.16 Å². The molecule has 1 heterocycles. The molecular weight excluding hydrogens is 263 g/mol. The summed E-state index contributed by atoms with van der Waals surface area (Å²) in [6, 6.07) is 6.17. The van der Waals surface area contributed by atoms with Gasteiger partial charge in [0.25, 0.3) is 5.91 Å². The highest BCUT2D eigenvalue weighted by molar-refractivity contribution is 6.04. The van der Waals surface area contributed by atoms with Gasteiger partial charge in [0.2, 0.25) is 6.10 Å². The van der Waals surface area contributed by atoms with E-state index in [1.165, 1.54) is 6.07 Å². The van der Waals surface area contributed by atoms with Gasteiger partial charge in [-0.15, -0.1) is 0 Å². The number of oxime groups is 1. The smallest absolute Gasteiger partial charge is 0.264 e. The number of halogens is 1. The fourth-order valence-corrected chi connectivity index (χ4v) is 2.00. The number of carbonyl (C=O) groups is 1. The molecule has 20 heavy (non-hydrogen) atoms. The third kappa shape index (κ3) is 3.33. The molecule has 0 saturated carbocycles. The molecule has 0 radical (unpaired) electrons. The number of nitrogens with zero attached hydrogens (tertiary/aromatic N) is 1. The number of hydrogen-bond donors (Lipinski definition) is 1. The predicted octanol–water partition coefficient (Wildman–Crippen LogP) is 1.47. The van der Waals surface area contributed by atoms with Gasteiger partial charge in [0.1, 0.15) is 5.82 Å². The van der Waals surface area contributed by atoms with Crippen LogP contribution in [0.15, 0.2) is 29.4 Å². The minimum Gasteiger partial charge on any atom is -0.383 e. The van der Waals surface area contributed by atoms with Gasteiger partial charge in [-0.1, -0.05) is 23.4 Å². The fraction of sp³-hybridized carbons (Fsp3) is 0.429. The minimum atomic E-state index is -0.719. The van der Waals surface area contributed by atoms with Crippen LogP contribution in [-0.4, -0.2) is 37.5 Å². The average Bonchev–Trinajstić information content (AvgIpc) is 2.89. The Labute approximate surface area is 116 Å². The zero-order chi connectivity index (χ0) is 14.5. The number of ether oxygens (including phenoxy) is 1. The van der Waals surface area contributed by atoms with Gasteiger partial charge >= 0.3 is 0 Å². The van der Waals surface area contributed by atoms with Gasteiger partial charge in [0.05, 0.1) is 12.3 Å². The predicted molar refractivity (Wildman–Crippen MR) is 71.9 cm³/mol. The van der Waals surface area contributed by atoms with Gasteiger partial charge in [0, 0.05) is 25.1 Å². The summed E-state index contributed by atoms with van der Waals surface area (Å²) >= 11 is 0. The number of amides is 1. The number of rotatable bonds is 5. The number of carbonyl (C=O) groups excluding carboxylic acids is 1. The van der Waals surface area contributed by atoms with Crippen LogP contribution in [0.25, 0.3) is 0 Å². The summed E-state index contributed by atoms with van der Waals surface area (Å²) in [6.07, 6.45) is -0.462. The lowest BCUT2D eigenvalue weighted by Gasteiger charge is -2.15. The first-order valence-electron chi connectivity index (χ1n) is 6.38. The van der Waals surface area contributed by atoms with Crippen molar-refractivity contribution in [3.8, 4) is 0 Å². The van der Waals surface area contributed by atoms with Crippen molar-refractivity contribution in [3.63, 3.8) is 0 Å². The molecule has 0 aliphatic carbocycles. The van der Waals surface area contributed by atoms with E-state index in [9.17, 15) is 9.18 Å². The van der Waals surface area contributed by atoms with E-state index < -0.39 is 6.10 Å². The van der Waals surface area contributed by atoms with Gasteiger partial charge in [-0.2, -0.15) is 0 Å². The zero-order valence-corrected chi connectivity index (χ0v) is 11.4. The summed E-state index contributed by atoms with van der Waals surface area (Å²) in [6.45, 7) is 2.24. The Kier molecular flexibility index (Phi) is 4.68. The standard InChI is InChI=1S/C14H17FN2O3/c1-9(8-19-2)16-14(18)13-7-12(17-20-13)10-5-3-4-6-11(10)15/h3-6,9,13H,7-8H2,1-2H3,(H,16,18)/t9-,13+/m0/s1. The fourth-order valence-electron chi connectivity index (χ4n) is 2.00. The van der Waals surface area contributed by atoms with Gasteiger partial charge in [-0.05, 0) is 13.0 Å². The second-order valence-electron chi connectivity index (χ2n) is 4.68. The second-order valence-corrected chi connectivity index (χ2v) is 4.68. The largest absolute Gasteiger partial charge is 0.383 e. The van der Waals surface area contributed by atoms with Crippen LogP contribution in [0.5, 0.6) is 0 Å². The van der Waals surface area contributed by atoms with Crippen LogP contribution >= 0.6 is 0 Å². The van der Waals surface area contributed by atoms with Crippen LogP contribution in [-0.2, 0) is 14.4 Å². The molecule has 1 amide bonds. The van der Waals surface area contributed by atoms with Crippen LogP contribution in [0.3, 0.4) is 0 Å². The highest BCUT2D eigenvalue weighted by Gasteiger charge is 2.30. The third-order valence-electron chi connectivity index (χ3n) is 2.95. The van der Waals surface area contributed by atoms with E-state index in [4.69, 9.17) is 9.57 Å². The van der Waals surface area contributed by atoms with Crippen molar-refractivity contribution < 1.29 is 18.8 Å². The van der Waals surface area contributed by atoms with Crippen molar-refractivity contribution in [1.82, 2.24) is 5.32 Å². The maximum atomic E-state index is 13.6. The van der Waals surface area contributed by atoms with Crippen molar-refractivity contribution >= 4 is 11.6 Å². The molecule has 1 aromatic carbocycles. The van der Waals surface area contributed by atoms with Gasteiger partial charge in [0.15, 0.2) is 0 Å². The van der Waals surface area contributed by atoms with Gasteiger partial charge in [-0.3, -0.25) is 4.79 Å². The molecule has 1 N–H and O–H groups in total. The Hall–Kier alpha value is -1.95. The van der Waals surface area contributed by atoms with E-state index in [-0.39, 0.29) is 24.2 Å². The number of methoxy groups -OCH3 is 1. The highest BCUT2D eigenvalue weighted by Crippen LogP contribution is 2.19. The topological polar surface area (TPSA) is 59.9 Å². The first-order chi connectivity index (χ1) is 9.61. The maximum absolute atomic E-state index is 13.6. The van der Waals surface area contributed by atoms with E-state index in [1.807, 2.05) is 6.92 Å². The lowest BCUT2D eigenvalue weighted by molar-refractivity contribution is -0.132. The van der Waals surface area contributed by atoms with Crippen LogP contribution in [0, 0.1) is 5.82 Å². The van der Waals surface area contributed by atoms with Gasteiger partial charge in [-0.25, -0.2) is 4.39 Å². The first-order valence-corrected chi connectivity index (χ1v) is 6.38. The van der Waals surface area contributed by atoms with E-state index in [0.717, 1.165) is 0 Å². The summed E-state index contributed by atoms with van der Waals surface area (Å²) in [5.41, 5.74) is 0.815. The molecule has 2 atom stereocenters. The molecule has 0 aromatic heterocycles. The summed E-state index contributed by atoms with van der Waals surface area (Å²) in [5, 5.41) is 6.56. The molecule has 2 rings (SSSR count). The van der Waals surface area contributed by atoms with Crippen LogP contribution in [0.1, 0.15) is 18.9 Å². The van der Waals surface area contributed by atoms with E-state index in [0.29, 0.717) is 17.9 Å². The third-order valence-corrected chi connectivity index (χ3v) is 2.95. The quantitative estimate of drug-likeness (QED) is 0.888. The molecule has 0 unspecified atom stereocenters. The SMILES string of the molecule is COC[C@H](C)NC(=O)[C@H]1CC(c2ccccc2F)=NO1. The molecular formula is C14H17FN2O3. The number of benzene rings is 1. The second kappa shape index (κ2) is 6.47. The average molecular weight is 280 g/mol. The molecule has 1 aliphatic rings. The number of nitrogens with one attached hydrogen (secondary N) is 1. The molecule has 6 heteroatoms. The molecule has 1 aromatic rings. The van der Waals surface area contributed by atoms with E-state index in [1.54, 1.807) is 25.3 Å². The summed E-state index contributed by atoms with van der Waals surface area (Å²) in [5.74, 6) is -0.645. The summed E-state index contributed by atoms with van der Waals surface area (Å²) in [7, 11) is 1.56. The molecule has 0 bridgehead atoms. The monoisotopic (exact) mass is 280 g/mol. The van der Waals surface area contributed by atoms with E-state index in [2.05, 4.69) is 10.5 Å². The highest BCUT2D eigenvalue weighted by atomic mass is 19.1. The molecule has 0 saturated heterocycles. The first kappa shape index (κ1) is 14.5. The van der Waals surface area contributed by atoms with Crippen molar-refractivity contribution in [2.75, 3.05) is 13.7 Å². The Morgan fingerprint density at radius 1 is 1.60 bits per heavy atom. The molecule has 1 aliphatic heterocycles. The summed E-state index contributed by atoms with van der Waals surface area (Å²) < 4.78 is 18.6. The molecule has 0 fully saturated rings. The van der Waals surface area contributed by atoms with Crippen molar-refractivity contribution in [1.29, 1.82) is 0 Å². The molecule has 5 nitrogen and oxygen atoms in total. The van der Waals surface area contributed by atoms with Crippen molar-refractivity contribution in [2.45, 2.75) is 25.5 Å². The molecule has 0 spiro atoms. The normalized spacial score (nSPS) is 19.1. The lowest BCUT2D eigenvalue weighted by atomic mass is 10.0. The maximum Gasteiger partial charge on any atom is 0.264 e. The van der Waals surface area contributed by atoms with Gasteiger partial charge < -0.3 is 14.9 Å². The number of hydrogen-bond acceptors (Lipinski definition) is 4. The molecule has 108 valence electrons.